The van der Waals surface area contributed by atoms with Crippen LogP contribution in [0.2, 0.25) is 0 Å². The van der Waals surface area contributed by atoms with E-state index in [1.807, 2.05) is 19.4 Å². The van der Waals surface area contributed by atoms with Crippen LogP contribution >= 0.6 is 0 Å². The third-order valence-electron chi connectivity index (χ3n) is 3.14. The molecule has 1 fully saturated rings. The first kappa shape index (κ1) is 8.48. The van der Waals surface area contributed by atoms with Crippen LogP contribution in [0.25, 0.3) is 0 Å². The van der Waals surface area contributed by atoms with Gasteiger partial charge in [-0.25, -0.2) is 0 Å². The Morgan fingerprint density at radius 2 is 2.62 bits per heavy atom. The lowest BCUT2D eigenvalue weighted by Crippen LogP contribution is -2.02. The number of aryl methyl sites for hydroxylation is 1. The molecule has 2 rings (SSSR count). The highest BCUT2D eigenvalue weighted by Crippen LogP contribution is 2.59. The lowest BCUT2D eigenvalue weighted by Gasteiger charge is -2.02. The van der Waals surface area contributed by atoms with Gasteiger partial charge in [-0.15, -0.1) is 0 Å². The number of hydrogen-bond donors (Lipinski definition) is 0. The number of carbonyl (C=O) groups excluding carboxylic acids is 1. The standard InChI is InChI=1S/C10H14N2O/c1-3-10(7-13)4-9(10)8-5-11-12(2)6-8/h5-7,9H,3-4H2,1-2H3. The number of nitrogens with zero attached hydrogens (tertiary/aromatic N) is 2. The van der Waals surface area contributed by atoms with E-state index >= 15 is 0 Å². The van der Waals surface area contributed by atoms with Crippen molar-refractivity contribution in [3.05, 3.63) is 18.0 Å². The second-order valence-corrected chi connectivity index (χ2v) is 3.91. The molecule has 13 heavy (non-hydrogen) atoms. The minimum atomic E-state index is -0.0664. The van der Waals surface area contributed by atoms with E-state index in [2.05, 4.69) is 12.0 Å². The van der Waals surface area contributed by atoms with Gasteiger partial charge in [0.25, 0.3) is 0 Å². The van der Waals surface area contributed by atoms with Gasteiger partial charge in [0, 0.05) is 24.6 Å². The third kappa shape index (κ3) is 1.19. The molecule has 1 aliphatic carbocycles. The van der Waals surface area contributed by atoms with Gasteiger partial charge in [-0.3, -0.25) is 4.68 Å². The molecule has 1 heterocycles. The van der Waals surface area contributed by atoms with Gasteiger partial charge in [0.15, 0.2) is 0 Å². The fraction of sp³-hybridized carbons (Fsp3) is 0.600. The fourth-order valence-corrected chi connectivity index (χ4v) is 2.00. The minimum Gasteiger partial charge on any atom is -0.303 e. The summed E-state index contributed by atoms with van der Waals surface area (Å²) in [5.74, 6) is 0.420. The first-order valence-electron chi connectivity index (χ1n) is 4.67. The van der Waals surface area contributed by atoms with Crippen molar-refractivity contribution >= 4 is 6.29 Å². The number of hydrogen-bond acceptors (Lipinski definition) is 2. The Morgan fingerprint density at radius 3 is 3.00 bits per heavy atom. The average Bonchev–Trinajstić information content (AvgIpc) is 2.74. The topological polar surface area (TPSA) is 34.9 Å². The van der Waals surface area contributed by atoms with E-state index in [9.17, 15) is 4.79 Å². The van der Waals surface area contributed by atoms with Gasteiger partial charge in [0.2, 0.25) is 0 Å². The highest BCUT2D eigenvalue weighted by atomic mass is 16.1. The van der Waals surface area contributed by atoms with Crippen molar-refractivity contribution in [3.63, 3.8) is 0 Å². The lowest BCUT2D eigenvalue weighted by molar-refractivity contribution is -0.112. The maximum atomic E-state index is 10.9. The van der Waals surface area contributed by atoms with E-state index in [-0.39, 0.29) is 5.41 Å². The number of aldehydes is 1. The Labute approximate surface area is 77.7 Å². The Morgan fingerprint density at radius 1 is 1.85 bits per heavy atom. The third-order valence-corrected chi connectivity index (χ3v) is 3.14. The van der Waals surface area contributed by atoms with Gasteiger partial charge in [0.1, 0.15) is 6.29 Å². The Hall–Kier alpha value is -1.12. The zero-order valence-corrected chi connectivity index (χ0v) is 8.03. The van der Waals surface area contributed by atoms with Crippen LogP contribution in [0.3, 0.4) is 0 Å². The van der Waals surface area contributed by atoms with Gasteiger partial charge in [-0.2, -0.15) is 5.10 Å². The second-order valence-electron chi connectivity index (χ2n) is 3.91. The Balaban J connectivity index is 2.19. The molecule has 3 heteroatoms. The summed E-state index contributed by atoms with van der Waals surface area (Å²) in [7, 11) is 1.90. The van der Waals surface area contributed by atoms with Crippen molar-refractivity contribution in [1.29, 1.82) is 0 Å². The van der Waals surface area contributed by atoms with Crippen LogP contribution in [0, 0.1) is 5.41 Å². The van der Waals surface area contributed by atoms with E-state index in [4.69, 9.17) is 0 Å². The summed E-state index contributed by atoms with van der Waals surface area (Å²) in [5.41, 5.74) is 1.14. The van der Waals surface area contributed by atoms with Crippen molar-refractivity contribution < 1.29 is 4.79 Å². The summed E-state index contributed by atoms with van der Waals surface area (Å²) in [6.45, 7) is 2.07. The smallest absolute Gasteiger partial charge is 0.126 e. The summed E-state index contributed by atoms with van der Waals surface area (Å²) in [5, 5.41) is 4.11. The molecular weight excluding hydrogens is 164 g/mol. The summed E-state index contributed by atoms with van der Waals surface area (Å²) in [6, 6.07) is 0. The van der Waals surface area contributed by atoms with Crippen molar-refractivity contribution in [3.8, 4) is 0 Å². The Kier molecular flexibility index (Phi) is 1.75. The molecule has 1 aromatic heterocycles. The molecule has 2 atom stereocenters. The molecule has 1 aromatic rings. The summed E-state index contributed by atoms with van der Waals surface area (Å²) in [4.78, 5) is 10.9. The predicted octanol–water partition coefficient (Wildman–Crippen LogP) is 1.50. The van der Waals surface area contributed by atoms with Gasteiger partial charge in [-0.1, -0.05) is 6.92 Å². The van der Waals surface area contributed by atoms with Crippen LogP contribution in [0.4, 0.5) is 0 Å². The van der Waals surface area contributed by atoms with E-state index in [1.165, 1.54) is 5.56 Å². The van der Waals surface area contributed by atoms with Crippen molar-refractivity contribution in [2.45, 2.75) is 25.7 Å². The SMILES string of the molecule is CCC1(C=O)CC1c1cnn(C)c1. The quantitative estimate of drug-likeness (QED) is 0.657. The predicted molar refractivity (Wildman–Crippen MR) is 49.4 cm³/mol. The second kappa shape index (κ2) is 2.69. The summed E-state index contributed by atoms with van der Waals surface area (Å²) < 4.78 is 1.79. The zero-order valence-electron chi connectivity index (χ0n) is 8.03. The van der Waals surface area contributed by atoms with Gasteiger partial charge < -0.3 is 4.79 Å². The van der Waals surface area contributed by atoms with Crippen LogP contribution in [-0.2, 0) is 11.8 Å². The largest absolute Gasteiger partial charge is 0.303 e. The van der Waals surface area contributed by atoms with Crippen molar-refractivity contribution in [1.82, 2.24) is 9.78 Å². The number of aromatic nitrogens is 2. The van der Waals surface area contributed by atoms with Gasteiger partial charge in [0.05, 0.1) is 6.20 Å². The van der Waals surface area contributed by atoms with Crippen molar-refractivity contribution in [2.24, 2.45) is 12.5 Å². The molecule has 0 spiro atoms. The minimum absolute atomic E-state index is 0.0664. The molecule has 0 bridgehead atoms. The highest BCUT2D eigenvalue weighted by molar-refractivity contribution is 5.67. The summed E-state index contributed by atoms with van der Waals surface area (Å²) in [6.07, 6.45) is 6.93. The zero-order chi connectivity index (χ0) is 9.47. The molecular formula is C10H14N2O. The molecule has 0 aromatic carbocycles. The van der Waals surface area contributed by atoms with Crippen LogP contribution in [-0.4, -0.2) is 16.1 Å². The molecule has 2 unspecified atom stereocenters. The monoisotopic (exact) mass is 178 g/mol. The molecule has 0 N–H and O–H groups in total. The maximum absolute atomic E-state index is 10.9. The van der Waals surface area contributed by atoms with E-state index in [0.29, 0.717) is 5.92 Å². The normalized spacial score (nSPS) is 31.7. The Bertz CT molecular complexity index is 331. The molecule has 0 radical (unpaired) electrons. The average molecular weight is 178 g/mol. The summed E-state index contributed by atoms with van der Waals surface area (Å²) >= 11 is 0. The first-order valence-corrected chi connectivity index (χ1v) is 4.67. The molecule has 1 saturated carbocycles. The number of carbonyl (C=O) groups is 1. The molecule has 3 nitrogen and oxygen atoms in total. The lowest BCUT2D eigenvalue weighted by atomic mass is 10.00. The maximum Gasteiger partial charge on any atom is 0.126 e. The molecule has 70 valence electrons. The molecule has 0 amide bonds. The van der Waals surface area contributed by atoms with Crippen LogP contribution in [0.1, 0.15) is 31.2 Å². The van der Waals surface area contributed by atoms with Crippen LogP contribution in [0.5, 0.6) is 0 Å². The fourth-order valence-electron chi connectivity index (χ4n) is 2.00. The number of rotatable bonds is 3. The van der Waals surface area contributed by atoms with Gasteiger partial charge >= 0.3 is 0 Å². The van der Waals surface area contributed by atoms with Crippen LogP contribution < -0.4 is 0 Å². The van der Waals surface area contributed by atoms with Crippen molar-refractivity contribution in [2.75, 3.05) is 0 Å². The van der Waals surface area contributed by atoms with E-state index in [0.717, 1.165) is 19.1 Å². The van der Waals surface area contributed by atoms with Gasteiger partial charge in [-0.05, 0) is 18.4 Å². The first-order chi connectivity index (χ1) is 6.22. The highest BCUT2D eigenvalue weighted by Gasteiger charge is 2.53. The molecule has 1 aliphatic rings. The molecule has 0 aliphatic heterocycles. The van der Waals surface area contributed by atoms with E-state index < -0.39 is 0 Å². The molecule has 0 saturated heterocycles. The van der Waals surface area contributed by atoms with E-state index in [1.54, 1.807) is 4.68 Å². The van der Waals surface area contributed by atoms with Crippen LogP contribution in [0.15, 0.2) is 12.4 Å².